The zero-order valence-corrected chi connectivity index (χ0v) is 12.4. The third kappa shape index (κ3) is 2.56. The van der Waals surface area contributed by atoms with E-state index < -0.39 is 0 Å². The number of amidine groups is 1. The Morgan fingerprint density at radius 2 is 2.00 bits per heavy atom. The van der Waals surface area contributed by atoms with Gasteiger partial charge in [-0.3, -0.25) is 9.89 Å². The van der Waals surface area contributed by atoms with E-state index in [1.54, 1.807) is 5.70 Å². The lowest BCUT2D eigenvalue weighted by molar-refractivity contribution is 0.0316. The van der Waals surface area contributed by atoms with Gasteiger partial charge in [0.15, 0.2) is 0 Å². The Morgan fingerprint density at radius 3 is 2.74 bits per heavy atom. The van der Waals surface area contributed by atoms with Crippen LogP contribution in [0, 0.1) is 5.92 Å². The van der Waals surface area contributed by atoms with Crippen LogP contribution in [0.25, 0.3) is 0 Å². The summed E-state index contributed by atoms with van der Waals surface area (Å²) in [7, 11) is 0. The van der Waals surface area contributed by atoms with Crippen LogP contribution in [0.1, 0.15) is 27.2 Å². The van der Waals surface area contributed by atoms with Gasteiger partial charge in [-0.25, -0.2) is 0 Å². The number of aliphatic imine (C=N–C) groups is 1. The molecular weight excluding hydrogens is 238 g/mol. The molecule has 4 nitrogen and oxygen atoms in total. The molecule has 0 aromatic carbocycles. The topological polar surface area (TPSA) is 28.1 Å². The summed E-state index contributed by atoms with van der Waals surface area (Å²) in [6, 6.07) is 0.369. The first-order chi connectivity index (χ1) is 9.15. The molecule has 3 aliphatic rings. The fourth-order valence-electron chi connectivity index (χ4n) is 3.48. The van der Waals surface area contributed by atoms with E-state index in [1.807, 2.05) is 0 Å². The molecule has 3 heterocycles. The summed E-state index contributed by atoms with van der Waals surface area (Å²) in [5.41, 5.74) is 3.01. The normalized spacial score (nSPS) is 32.6. The van der Waals surface area contributed by atoms with Crippen LogP contribution < -0.4 is 0 Å². The first kappa shape index (κ1) is 13.1. The summed E-state index contributed by atoms with van der Waals surface area (Å²) >= 11 is 0. The minimum Gasteiger partial charge on any atom is -0.379 e. The van der Waals surface area contributed by atoms with Gasteiger partial charge in [0.05, 0.1) is 19.3 Å². The average Bonchev–Trinajstić information content (AvgIpc) is 2.82. The van der Waals surface area contributed by atoms with Gasteiger partial charge in [-0.1, -0.05) is 0 Å². The van der Waals surface area contributed by atoms with Crippen molar-refractivity contribution >= 4 is 5.84 Å². The monoisotopic (exact) mass is 263 g/mol. The molecule has 2 saturated heterocycles. The molecule has 0 N–H and O–H groups in total. The molecule has 4 heteroatoms. The smallest absolute Gasteiger partial charge is 0.101 e. The highest BCUT2D eigenvalue weighted by molar-refractivity contribution is 5.83. The van der Waals surface area contributed by atoms with Crippen molar-refractivity contribution in [1.82, 2.24) is 9.80 Å². The number of allylic oxidation sites excluding steroid dienone is 1. The number of morpholine rings is 1. The number of rotatable bonds is 2. The predicted molar refractivity (Wildman–Crippen MR) is 77.3 cm³/mol. The maximum absolute atomic E-state index is 5.43. The van der Waals surface area contributed by atoms with Gasteiger partial charge in [0, 0.05) is 31.9 Å². The van der Waals surface area contributed by atoms with Gasteiger partial charge in [0.25, 0.3) is 0 Å². The summed E-state index contributed by atoms with van der Waals surface area (Å²) < 4.78 is 5.43. The predicted octanol–water partition coefficient (Wildman–Crippen LogP) is 1.74. The molecule has 0 bridgehead atoms. The van der Waals surface area contributed by atoms with Crippen LogP contribution >= 0.6 is 0 Å². The Labute approximate surface area is 116 Å². The van der Waals surface area contributed by atoms with Gasteiger partial charge in [0.2, 0.25) is 0 Å². The standard InChI is InChI=1S/C15H25N3O/c1-11-12(2)16-13(3)18-10-14(8-15(11)18)9-17-4-6-19-7-5-17/h12,14H,4-10H2,1-3H3/t12-,14+/m0/s1. The average molecular weight is 263 g/mol. The minimum absolute atomic E-state index is 0.369. The van der Waals surface area contributed by atoms with E-state index in [0.717, 1.165) is 38.8 Å². The second kappa shape index (κ2) is 5.25. The van der Waals surface area contributed by atoms with Crippen LogP contribution in [0.4, 0.5) is 0 Å². The Balaban J connectivity index is 1.67. The van der Waals surface area contributed by atoms with E-state index in [4.69, 9.17) is 9.73 Å². The van der Waals surface area contributed by atoms with Crippen LogP contribution in [-0.4, -0.2) is 61.1 Å². The van der Waals surface area contributed by atoms with E-state index in [2.05, 4.69) is 30.6 Å². The number of hydrogen-bond donors (Lipinski definition) is 0. The van der Waals surface area contributed by atoms with E-state index in [-0.39, 0.29) is 0 Å². The van der Waals surface area contributed by atoms with Crippen molar-refractivity contribution in [3.8, 4) is 0 Å². The van der Waals surface area contributed by atoms with Crippen LogP contribution in [0.15, 0.2) is 16.3 Å². The Bertz CT molecular complexity index is 410. The molecule has 0 aliphatic carbocycles. The molecule has 0 aromatic rings. The Morgan fingerprint density at radius 1 is 1.26 bits per heavy atom. The SMILES string of the molecule is CC1=N[C@@H](C)C(C)=C2C[C@H](CN3CCOCC3)CN12. The number of nitrogens with zero attached hydrogens (tertiary/aromatic N) is 3. The minimum atomic E-state index is 0.369. The Kier molecular flexibility index (Phi) is 3.63. The lowest BCUT2D eigenvalue weighted by Gasteiger charge is -2.29. The molecule has 2 fully saturated rings. The number of hydrogen-bond acceptors (Lipinski definition) is 4. The van der Waals surface area contributed by atoms with Gasteiger partial charge in [-0.15, -0.1) is 0 Å². The lowest BCUT2D eigenvalue weighted by atomic mass is 10.0. The first-order valence-electron chi connectivity index (χ1n) is 7.47. The molecule has 19 heavy (non-hydrogen) atoms. The van der Waals surface area contributed by atoms with Crippen molar-refractivity contribution in [1.29, 1.82) is 0 Å². The molecule has 0 amide bonds. The summed E-state index contributed by atoms with van der Waals surface area (Å²) in [6.07, 6.45) is 1.22. The van der Waals surface area contributed by atoms with Crippen molar-refractivity contribution in [2.45, 2.75) is 33.2 Å². The van der Waals surface area contributed by atoms with E-state index in [0.29, 0.717) is 6.04 Å². The molecule has 2 atom stereocenters. The molecule has 3 aliphatic heterocycles. The summed E-state index contributed by atoms with van der Waals surface area (Å²) in [6.45, 7) is 12.9. The van der Waals surface area contributed by atoms with Gasteiger partial charge in [-0.05, 0) is 38.7 Å². The van der Waals surface area contributed by atoms with Gasteiger partial charge in [-0.2, -0.15) is 0 Å². The van der Waals surface area contributed by atoms with Gasteiger partial charge >= 0.3 is 0 Å². The largest absolute Gasteiger partial charge is 0.379 e. The van der Waals surface area contributed by atoms with Crippen LogP contribution in [-0.2, 0) is 4.74 Å². The zero-order valence-electron chi connectivity index (χ0n) is 12.4. The van der Waals surface area contributed by atoms with E-state index in [1.165, 1.54) is 24.4 Å². The third-order valence-electron chi connectivity index (χ3n) is 4.72. The maximum atomic E-state index is 5.43. The lowest BCUT2D eigenvalue weighted by Crippen LogP contribution is -2.40. The van der Waals surface area contributed by atoms with Crippen molar-refractivity contribution in [3.63, 3.8) is 0 Å². The van der Waals surface area contributed by atoms with Crippen LogP contribution in [0.5, 0.6) is 0 Å². The summed E-state index contributed by atoms with van der Waals surface area (Å²) in [5.74, 6) is 1.95. The van der Waals surface area contributed by atoms with Crippen molar-refractivity contribution in [3.05, 3.63) is 11.3 Å². The fraction of sp³-hybridized carbons (Fsp3) is 0.800. The van der Waals surface area contributed by atoms with Crippen molar-refractivity contribution in [2.24, 2.45) is 10.9 Å². The molecule has 0 unspecified atom stereocenters. The van der Waals surface area contributed by atoms with E-state index in [9.17, 15) is 0 Å². The summed E-state index contributed by atoms with van der Waals surface area (Å²) in [5, 5.41) is 0. The molecule has 0 saturated carbocycles. The molecule has 0 spiro atoms. The second-order valence-corrected chi connectivity index (χ2v) is 6.08. The van der Waals surface area contributed by atoms with Crippen molar-refractivity contribution in [2.75, 3.05) is 39.4 Å². The number of ether oxygens (including phenoxy) is 1. The van der Waals surface area contributed by atoms with Crippen molar-refractivity contribution < 1.29 is 4.74 Å². The number of fused-ring (bicyclic) bond motifs is 1. The highest BCUT2D eigenvalue weighted by Crippen LogP contribution is 2.34. The van der Waals surface area contributed by atoms with Crippen LogP contribution in [0.3, 0.4) is 0 Å². The van der Waals surface area contributed by atoms with E-state index >= 15 is 0 Å². The molecule has 106 valence electrons. The highest BCUT2D eigenvalue weighted by atomic mass is 16.5. The van der Waals surface area contributed by atoms with Gasteiger partial charge < -0.3 is 9.64 Å². The Hall–Kier alpha value is -0.870. The molecular formula is C15H25N3O. The van der Waals surface area contributed by atoms with Crippen LogP contribution in [0.2, 0.25) is 0 Å². The molecule has 0 radical (unpaired) electrons. The zero-order chi connectivity index (χ0) is 13.4. The van der Waals surface area contributed by atoms with Gasteiger partial charge in [0.1, 0.15) is 5.84 Å². The summed E-state index contributed by atoms with van der Waals surface area (Å²) in [4.78, 5) is 9.74. The first-order valence-corrected chi connectivity index (χ1v) is 7.47. The quantitative estimate of drug-likeness (QED) is 0.759. The molecule has 0 aromatic heterocycles. The fourth-order valence-corrected chi connectivity index (χ4v) is 3.48. The maximum Gasteiger partial charge on any atom is 0.101 e. The molecule has 3 rings (SSSR count). The highest BCUT2D eigenvalue weighted by Gasteiger charge is 2.34. The second-order valence-electron chi connectivity index (χ2n) is 6.08. The third-order valence-corrected chi connectivity index (χ3v) is 4.72.